The molecule has 0 spiro atoms. The molecule has 1 amide bonds. The number of hydrogen-bond acceptors (Lipinski definition) is 4. The Balaban J connectivity index is 1.69. The van der Waals surface area contributed by atoms with Crippen molar-refractivity contribution in [3.63, 3.8) is 0 Å². The van der Waals surface area contributed by atoms with Crippen LogP contribution in [0.3, 0.4) is 0 Å². The van der Waals surface area contributed by atoms with Crippen LogP contribution in [0.2, 0.25) is 0 Å². The van der Waals surface area contributed by atoms with E-state index in [1.807, 2.05) is 25.1 Å². The number of likely N-dealkylation sites (tertiary alicyclic amines) is 1. The van der Waals surface area contributed by atoms with Gasteiger partial charge in [0, 0.05) is 11.6 Å². The lowest BCUT2D eigenvalue weighted by Crippen LogP contribution is -2.38. The van der Waals surface area contributed by atoms with Crippen LogP contribution in [-0.4, -0.2) is 38.1 Å². The Morgan fingerprint density at radius 3 is 2.62 bits per heavy atom. The van der Waals surface area contributed by atoms with Crippen molar-refractivity contribution in [3.05, 3.63) is 58.7 Å². The third kappa shape index (κ3) is 4.91. The van der Waals surface area contributed by atoms with Gasteiger partial charge in [-0.15, -0.1) is 0 Å². The molecule has 0 radical (unpaired) electrons. The Morgan fingerprint density at radius 2 is 1.93 bits per heavy atom. The maximum Gasteiger partial charge on any atom is 0.234 e. The number of nitrogens with one attached hydrogen (secondary N) is 1. The van der Waals surface area contributed by atoms with Gasteiger partial charge in [-0.1, -0.05) is 18.2 Å². The molecular formula is C24H32N2O3. The number of carbonyl (C=O) groups excluding carboxylic acids is 1. The van der Waals surface area contributed by atoms with E-state index in [1.165, 1.54) is 11.1 Å². The van der Waals surface area contributed by atoms with Crippen molar-refractivity contribution in [1.82, 2.24) is 10.2 Å². The monoisotopic (exact) mass is 396 g/mol. The van der Waals surface area contributed by atoms with Crippen molar-refractivity contribution < 1.29 is 14.3 Å². The Kier molecular flexibility index (Phi) is 6.80. The highest BCUT2D eigenvalue weighted by Crippen LogP contribution is 2.38. The van der Waals surface area contributed by atoms with Crippen LogP contribution in [0.5, 0.6) is 11.5 Å². The second kappa shape index (κ2) is 9.31. The molecule has 1 fully saturated rings. The van der Waals surface area contributed by atoms with Crippen LogP contribution >= 0.6 is 0 Å². The van der Waals surface area contributed by atoms with Crippen LogP contribution in [0.25, 0.3) is 0 Å². The van der Waals surface area contributed by atoms with Crippen LogP contribution in [-0.2, 0) is 4.79 Å². The number of rotatable bonds is 7. The molecule has 1 aliphatic heterocycles. The molecule has 29 heavy (non-hydrogen) atoms. The van der Waals surface area contributed by atoms with Gasteiger partial charge < -0.3 is 14.8 Å². The molecule has 1 heterocycles. The molecule has 1 N–H and O–H groups in total. The summed E-state index contributed by atoms with van der Waals surface area (Å²) >= 11 is 0. The Bertz CT molecular complexity index is 865. The van der Waals surface area contributed by atoms with Crippen molar-refractivity contribution in [2.24, 2.45) is 0 Å². The molecule has 0 saturated carbocycles. The Hall–Kier alpha value is -2.53. The first-order valence-corrected chi connectivity index (χ1v) is 10.3. The number of amides is 1. The normalized spacial score (nSPS) is 17.8. The molecule has 156 valence electrons. The molecule has 1 saturated heterocycles. The van der Waals surface area contributed by atoms with E-state index >= 15 is 0 Å². The third-order valence-corrected chi connectivity index (χ3v) is 5.91. The molecule has 2 atom stereocenters. The summed E-state index contributed by atoms with van der Waals surface area (Å²) in [5.74, 6) is 1.69. The molecule has 5 nitrogen and oxygen atoms in total. The average Bonchev–Trinajstić information content (AvgIpc) is 3.17. The van der Waals surface area contributed by atoms with Crippen LogP contribution in [0, 0.1) is 13.8 Å². The summed E-state index contributed by atoms with van der Waals surface area (Å²) in [5.41, 5.74) is 4.72. The fourth-order valence-corrected chi connectivity index (χ4v) is 4.06. The zero-order valence-electron chi connectivity index (χ0n) is 18.1. The van der Waals surface area contributed by atoms with Gasteiger partial charge in [0.1, 0.15) is 11.5 Å². The lowest BCUT2D eigenvalue weighted by molar-refractivity contribution is -0.123. The van der Waals surface area contributed by atoms with Gasteiger partial charge in [0.25, 0.3) is 0 Å². The van der Waals surface area contributed by atoms with Crippen molar-refractivity contribution in [2.45, 2.75) is 45.7 Å². The van der Waals surface area contributed by atoms with E-state index in [9.17, 15) is 4.79 Å². The summed E-state index contributed by atoms with van der Waals surface area (Å²) in [5, 5.41) is 3.16. The minimum Gasteiger partial charge on any atom is -0.497 e. The quantitative estimate of drug-likeness (QED) is 0.757. The van der Waals surface area contributed by atoms with Gasteiger partial charge in [0.2, 0.25) is 5.91 Å². The lowest BCUT2D eigenvalue weighted by Gasteiger charge is -2.26. The molecule has 2 aromatic rings. The fraction of sp³-hybridized carbons (Fsp3) is 0.458. The highest BCUT2D eigenvalue weighted by atomic mass is 16.5. The van der Waals surface area contributed by atoms with Gasteiger partial charge >= 0.3 is 0 Å². The lowest BCUT2D eigenvalue weighted by atomic mass is 10.0. The standard InChI is InChI=1S/C24H32N2O3/c1-16-8-9-19(13-17(16)2)18(3)25-24(27)15-26-12-6-7-22(26)21-14-20(28-4)10-11-23(21)29-5/h8-11,13-14,18,22H,6-7,12,15H2,1-5H3,(H,25,27)/t18-,22-/m0/s1. The predicted octanol–water partition coefficient (Wildman–Crippen LogP) is 4.33. The van der Waals surface area contributed by atoms with Crippen LogP contribution in [0.15, 0.2) is 36.4 Å². The fourth-order valence-electron chi connectivity index (χ4n) is 4.06. The number of benzene rings is 2. The number of ether oxygens (including phenoxy) is 2. The highest BCUT2D eigenvalue weighted by molar-refractivity contribution is 5.78. The second-order valence-electron chi connectivity index (χ2n) is 7.87. The molecule has 1 aliphatic rings. The Labute approximate surface area is 174 Å². The summed E-state index contributed by atoms with van der Waals surface area (Å²) in [6, 6.07) is 12.4. The molecule has 0 unspecified atom stereocenters. The molecular weight excluding hydrogens is 364 g/mol. The number of hydrogen-bond donors (Lipinski definition) is 1. The van der Waals surface area contributed by atoms with Crippen molar-refractivity contribution in [1.29, 1.82) is 0 Å². The topological polar surface area (TPSA) is 50.8 Å². The zero-order valence-corrected chi connectivity index (χ0v) is 18.1. The number of nitrogens with zero attached hydrogens (tertiary/aromatic N) is 1. The number of aryl methyl sites for hydroxylation is 2. The highest BCUT2D eigenvalue weighted by Gasteiger charge is 2.30. The van der Waals surface area contributed by atoms with Gasteiger partial charge in [-0.2, -0.15) is 0 Å². The summed E-state index contributed by atoms with van der Waals surface area (Å²) in [6.45, 7) is 7.51. The van der Waals surface area contributed by atoms with E-state index in [0.29, 0.717) is 6.54 Å². The van der Waals surface area contributed by atoms with E-state index in [1.54, 1.807) is 14.2 Å². The van der Waals surface area contributed by atoms with Gasteiger partial charge in [0.05, 0.1) is 26.8 Å². The van der Waals surface area contributed by atoms with Gasteiger partial charge in [-0.05, 0) is 75.0 Å². The SMILES string of the molecule is COc1ccc(OC)c([C@@H]2CCCN2CC(=O)N[C@@H](C)c2ccc(C)c(C)c2)c1. The molecule has 5 heteroatoms. The second-order valence-corrected chi connectivity index (χ2v) is 7.87. The third-order valence-electron chi connectivity index (χ3n) is 5.91. The summed E-state index contributed by atoms with van der Waals surface area (Å²) in [6.07, 6.45) is 2.06. The summed E-state index contributed by atoms with van der Waals surface area (Å²) in [4.78, 5) is 15.0. The van der Waals surface area contributed by atoms with Crippen molar-refractivity contribution in [3.8, 4) is 11.5 Å². The molecule has 3 rings (SSSR count). The zero-order chi connectivity index (χ0) is 21.0. The summed E-state index contributed by atoms with van der Waals surface area (Å²) in [7, 11) is 3.35. The molecule has 2 aromatic carbocycles. The first-order chi connectivity index (χ1) is 13.9. The average molecular weight is 397 g/mol. The number of carbonyl (C=O) groups is 1. The van der Waals surface area contributed by atoms with E-state index in [-0.39, 0.29) is 18.0 Å². The molecule has 0 aromatic heterocycles. The van der Waals surface area contributed by atoms with E-state index < -0.39 is 0 Å². The first kappa shape index (κ1) is 21.2. The van der Waals surface area contributed by atoms with E-state index in [4.69, 9.17) is 9.47 Å². The van der Waals surface area contributed by atoms with E-state index in [0.717, 1.165) is 42.0 Å². The largest absolute Gasteiger partial charge is 0.497 e. The smallest absolute Gasteiger partial charge is 0.234 e. The maximum absolute atomic E-state index is 12.8. The maximum atomic E-state index is 12.8. The van der Waals surface area contributed by atoms with Gasteiger partial charge in [-0.25, -0.2) is 0 Å². The summed E-state index contributed by atoms with van der Waals surface area (Å²) < 4.78 is 11.0. The predicted molar refractivity (Wildman–Crippen MR) is 116 cm³/mol. The minimum atomic E-state index is -0.0193. The molecule has 0 aliphatic carbocycles. The van der Waals surface area contributed by atoms with Gasteiger partial charge in [0.15, 0.2) is 0 Å². The first-order valence-electron chi connectivity index (χ1n) is 10.3. The van der Waals surface area contributed by atoms with Crippen molar-refractivity contribution >= 4 is 5.91 Å². The number of methoxy groups -OCH3 is 2. The Morgan fingerprint density at radius 1 is 1.14 bits per heavy atom. The molecule has 0 bridgehead atoms. The van der Waals surface area contributed by atoms with Crippen LogP contribution in [0.1, 0.15) is 54.1 Å². The van der Waals surface area contributed by atoms with Crippen LogP contribution in [0.4, 0.5) is 0 Å². The minimum absolute atomic E-state index is 0.0193. The van der Waals surface area contributed by atoms with Gasteiger partial charge in [-0.3, -0.25) is 9.69 Å². The van der Waals surface area contributed by atoms with Crippen molar-refractivity contribution in [2.75, 3.05) is 27.3 Å². The van der Waals surface area contributed by atoms with E-state index in [2.05, 4.69) is 42.3 Å². The van der Waals surface area contributed by atoms with Crippen LogP contribution < -0.4 is 14.8 Å².